The van der Waals surface area contributed by atoms with Crippen LogP contribution in [0.1, 0.15) is 11.3 Å². The van der Waals surface area contributed by atoms with Crippen molar-refractivity contribution in [3.8, 4) is 28.6 Å². The van der Waals surface area contributed by atoms with E-state index in [9.17, 15) is 10.2 Å². The molecule has 0 spiro atoms. The molecule has 7 heteroatoms. The Morgan fingerprint density at radius 1 is 1.08 bits per heavy atom. The van der Waals surface area contributed by atoms with Gasteiger partial charge < -0.3 is 14.9 Å². The predicted octanol–water partition coefficient (Wildman–Crippen LogP) is 3.32. The fourth-order valence-electron chi connectivity index (χ4n) is 2.39. The summed E-state index contributed by atoms with van der Waals surface area (Å²) in [4.78, 5) is 8.72. The molecule has 0 bridgehead atoms. The number of nitrogens with zero attached hydrogens (tertiary/aromatic N) is 3. The summed E-state index contributed by atoms with van der Waals surface area (Å²) in [6.07, 6.45) is 1.47. The number of phenols is 2. The fraction of sp³-hybridized carbons (Fsp3) is 0.105. The number of aromatic nitrogens is 2. The molecule has 1 aromatic heterocycles. The molecule has 0 aliphatic heterocycles. The number of nitrogens with one attached hydrogen (secondary N) is 1. The standard InChI is InChI=1S/C19H18N4O3/c1-12-10-17(22-19(21-12)14-7-3-4-8-15(14)24)23-20-11-13-6-5-9-16(26-2)18(13)25/h3-11,24-25H,1-2H3,(H,21,22,23)/b20-11-. The Balaban J connectivity index is 1.84. The van der Waals surface area contributed by atoms with Gasteiger partial charge in [0.05, 0.1) is 18.9 Å². The summed E-state index contributed by atoms with van der Waals surface area (Å²) in [5, 5.41) is 24.1. The van der Waals surface area contributed by atoms with Crippen molar-refractivity contribution in [2.24, 2.45) is 5.10 Å². The molecule has 7 nitrogen and oxygen atoms in total. The first kappa shape index (κ1) is 17.2. The van der Waals surface area contributed by atoms with E-state index in [2.05, 4.69) is 20.5 Å². The van der Waals surface area contributed by atoms with Crippen molar-refractivity contribution in [2.45, 2.75) is 6.92 Å². The van der Waals surface area contributed by atoms with Crippen molar-refractivity contribution >= 4 is 12.0 Å². The highest BCUT2D eigenvalue weighted by atomic mass is 16.5. The topological polar surface area (TPSA) is 99.9 Å². The lowest BCUT2D eigenvalue weighted by atomic mass is 10.2. The van der Waals surface area contributed by atoms with E-state index in [-0.39, 0.29) is 11.5 Å². The predicted molar refractivity (Wildman–Crippen MR) is 99.7 cm³/mol. The van der Waals surface area contributed by atoms with Crippen LogP contribution in [0.15, 0.2) is 53.6 Å². The molecule has 3 N–H and O–H groups in total. The van der Waals surface area contributed by atoms with Gasteiger partial charge in [-0.1, -0.05) is 18.2 Å². The lowest BCUT2D eigenvalue weighted by Gasteiger charge is -2.07. The minimum absolute atomic E-state index is 0.00862. The Kier molecular flexibility index (Phi) is 4.98. The molecule has 0 fully saturated rings. The van der Waals surface area contributed by atoms with Crippen LogP contribution in [0.3, 0.4) is 0 Å². The smallest absolute Gasteiger partial charge is 0.166 e. The largest absolute Gasteiger partial charge is 0.507 e. The van der Waals surface area contributed by atoms with E-state index in [4.69, 9.17) is 4.74 Å². The van der Waals surface area contributed by atoms with Gasteiger partial charge in [-0.2, -0.15) is 5.10 Å². The molecule has 0 saturated carbocycles. The first-order valence-corrected chi connectivity index (χ1v) is 7.87. The average molecular weight is 350 g/mol. The number of rotatable bonds is 5. The molecular weight excluding hydrogens is 332 g/mol. The Morgan fingerprint density at radius 3 is 2.65 bits per heavy atom. The Morgan fingerprint density at radius 2 is 1.88 bits per heavy atom. The molecule has 26 heavy (non-hydrogen) atoms. The number of benzene rings is 2. The Hall–Kier alpha value is -3.61. The maximum absolute atomic E-state index is 10.1. The summed E-state index contributed by atoms with van der Waals surface area (Å²) in [5.41, 5.74) is 4.57. The molecule has 2 aromatic carbocycles. The molecule has 3 aromatic rings. The van der Waals surface area contributed by atoms with Crippen LogP contribution >= 0.6 is 0 Å². The highest BCUT2D eigenvalue weighted by Gasteiger charge is 2.09. The fourth-order valence-corrected chi connectivity index (χ4v) is 2.39. The van der Waals surface area contributed by atoms with E-state index in [0.29, 0.717) is 28.5 Å². The third kappa shape index (κ3) is 3.72. The average Bonchev–Trinajstić information content (AvgIpc) is 2.63. The van der Waals surface area contributed by atoms with Crippen LogP contribution in [0.25, 0.3) is 11.4 Å². The minimum Gasteiger partial charge on any atom is -0.507 e. The van der Waals surface area contributed by atoms with Gasteiger partial charge in [0.1, 0.15) is 5.75 Å². The van der Waals surface area contributed by atoms with Crippen molar-refractivity contribution < 1.29 is 14.9 Å². The Labute approximate surface area is 150 Å². The summed E-state index contributed by atoms with van der Waals surface area (Å²) in [7, 11) is 1.48. The first-order chi connectivity index (χ1) is 12.6. The molecule has 0 saturated heterocycles. The van der Waals surface area contributed by atoms with Crippen molar-refractivity contribution in [3.63, 3.8) is 0 Å². The summed E-state index contributed by atoms with van der Waals surface area (Å²) in [6, 6.07) is 13.7. The third-order valence-corrected chi connectivity index (χ3v) is 3.63. The third-order valence-electron chi connectivity index (χ3n) is 3.63. The van der Waals surface area contributed by atoms with Crippen LogP contribution in [0.5, 0.6) is 17.2 Å². The van der Waals surface area contributed by atoms with Crippen LogP contribution < -0.4 is 10.2 Å². The van der Waals surface area contributed by atoms with Crippen molar-refractivity contribution in [1.82, 2.24) is 9.97 Å². The summed E-state index contributed by atoms with van der Waals surface area (Å²) in [5.74, 6) is 1.34. The van der Waals surface area contributed by atoms with Crippen molar-refractivity contribution in [1.29, 1.82) is 0 Å². The number of ether oxygens (including phenoxy) is 1. The number of aromatic hydroxyl groups is 2. The molecule has 0 radical (unpaired) electrons. The number of phenolic OH excluding ortho intramolecular Hbond substituents is 2. The summed E-state index contributed by atoms with van der Waals surface area (Å²) >= 11 is 0. The highest BCUT2D eigenvalue weighted by Crippen LogP contribution is 2.28. The number of hydrogen-bond acceptors (Lipinski definition) is 7. The maximum atomic E-state index is 10.1. The molecule has 3 rings (SSSR count). The first-order valence-electron chi connectivity index (χ1n) is 7.87. The van der Waals surface area contributed by atoms with Gasteiger partial charge in [0, 0.05) is 17.3 Å². The lowest BCUT2D eigenvalue weighted by molar-refractivity contribution is 0.373. The second-order valence-corrected chi connectivity index (χ2v) is 5.50. The van der Waals surface area contributed by atoms with Gasteiger partial charge in [0.15, 0.2) is 23.1 Å². The number of hydrogen-bond donors (Lipinski definition) is 3. The van der Waals surface area contributed by atoms with Gasteiger partial charge in [-0.05, 0) is 31.2 Å². The second kappa shape index (κ2) is 7.52. The van der Waals surface area contributed by atoms with E-state index < -0.39 is 0 Å². The molecule has 0 aliphatic rings. The summed E-state index contributed by atoms with van der Waals surface area (Å²) in [6.45, 7) is 1.83. The van der Waals surface area contributed by atoms with Crippen molar-refractivity contribution in [2.75, 3.05) is 12.5 Å². The number of methoxy groups -OCH3 is 1. The maximum Gasteiger partial charge on any atom is 0.166 e. The molecule has 1 heterocycles. The number of hydrazone groups is 1. The monoisotopic (exact) mass is 350 g/mol. The highest BCUT2D eigenvalue weighted by molar-refractivity contribution is 5.85. The summed E-state index contributed by atoms with van der Waals surface area (Å²) < 4.78 is 5.07. The van der Waals surface area contributed by atoms with Gasteiger partial charge >= 0.3 is 0 Å². The quantitative estimate of drug-likeness (QED) is 0.482. The number of anilines is 1. The normalized spacial score (nSPS) is 10.8. The molecule has 0 unspecified atom stereocenters. The van der Waals surface area contributed by atoms with Gasteiger partial charge in [-0.25, -0.2) is 9.97 Å². The van der Waals surface area contributed by atoms with Gasteiger partial charge in [-0.3, -0.25) is 5.43 Å². The second-order valence-electron chi connectivity index (χ2n) is 5.50. The van der Waals surface area contributed by atoms with Crippen LogP contribution in [-0.4, -0.2) is 33.5 Å². The number of aryl methyl sites for hydroxylation is 1. The zero-order valence-electron chi connectivity index (χ0n) is 14.3. The molecule has 0 aliphatic carbocycles. The van der Waals surface area contributed by atoms with E-state index in [1.807, 2.05) is 6.92 Å². The SMILES string of the molecule is COc1cccc(/C=N\Nc2cc(C)nc(-c3ccccc3O)n2)c1O. The molecule has 0 amide bonds. The molecule has 132 valence electrons. The van der Waals surface area contributed by atoms with Gasteiger partial charge in [0.2, 0.25) is 0 Å². The molecular formula is C19H18N4O3. The van der Waals surface area contributed by atoms with Crippen molar-refractivity contribution in [3.05, 3.63) is 59.8 Å². The lowest BCUT2D eigenvalue weighted by Crippen LogP contribution is -1.99. The van der Waals surface area contributed by atoms with Crippen LogP contribution in [0, 0.1) is 6.92 Å². The van der Waals surface area contributed by atoms with E-state index in [0.717, 1.165) is 5.69 Å². The van der Waals surface area contributed by atoms with E-state index in [1.165, 1.54) is 13.3 Å². The van der Waals surface area contributed by atoms with Gasteiger partial charge in [0.25, 0.3) is 0 Å². The molecule has 0 atom stereocenters. The van der Waals surface area contributed by atoms with Crippen LogP contribution in [0.2, 0.25) is 0 Å². The van der Waals surface area contributed by atoms with Crippen LogP contribution in [-0.2, 0) is 0 Å². The number of para-hydroxylation sites is 2. The minimum atomic E-state index is 0.00862. The van der Waals surface area contributed by atoms with Crippen LogP contribution in [0.4, 0.5) is 5.82 Å². The van der Waals surface area contributed by atoms with E-state index >= 15 is 0 Å². The Bertz CT molecular complexity index is 957. The zero-order chi connectivity index (χ0) is 18.5. The van der Waals surface area contributed by atoms with Gasteiger partial charge in [-0.15, -0.1) is 0 Å². The van der Waals surface area contributed by atoms with E-state index in [1.54, 1.807) is 48.5 Å². The zero-order valence-corrected chi connectivity index (χ0v) is 14.3.